The zero-order valence-electron chi connectivity index (χ0n) is 14.3. The van der Waals surface area contributed by atoms with Crippen LogP contribution in [0.25, 0.3) is 0 Å². The van der Waals surface area contributed by atoms with E-state index in [9.17, 15) is 9.90 Å². The molecule has 2 bridgehead atoms. The number of cyclic esters (lactones) is 1. The maximum absolute atomic E-state index is 12.2. The number of carbonyl (C=O) groups is 1. The molecule has 2 heterocycles. The summed E-state index contributed by atoms with van der Waals surface area (Å²) in [4.78, 5) is 12.2. The second-order valence-electron chi connectivity index (χ2n) is 7.02. The van der Waals surface area contributed by atoms with Crippen molar-refractivity contribution >= 4 is 5.97 Å². The first-order valence-electron chi connectivity index (χ1n) is 8.66. The van der Waals surface area contributed by atoms with Crippen molar-refractivity contribution in [1.29, 1.82) is 0 Å². The summed E-state index contributed by atoms with van der Waals surface area (Å²) >= 11 is 0. The first-order valence-corrected chi connectivity index (χ1v) is 8.66. The first-order chi connectivity index (χ1) is 11.0. The van der Waals surface area contributed by atoms with Gasteiger partial charge in [0.1, 0.15) is 6.10 Å². The Bertz CT molecular complexity index is 397. The van der Waals surface area contributed by atoms with Gasteiger partial charge in [-0.3, -0.25) is 4.79 Å². The predicted molar refractivity (Wildman–Crippen MR) is 87.0 cm³/mol. The van der Waals surface area contributed by atoms with Gasteiger partial charge in [0.25, 0.3) is 0 Å². The minimum atomic E-state index is -0.399. The Morgan fingerprint density at radius 2 is 2.00 bits per heavy atom. The van der Waals surface area contributed by atoms with Gasteiger partial charge in [-0.2, -0.15) is 0 Å². The van der Waals surface area contributed by atoms with Gasteiger partial charge >= 0.3 is 5.97 Å². The molecule has 0 amide bonds. The molecule has 2 aliphatic rings. The van der Waals surface area contributed by atoms with Crippen LogP contribution >= 0.6 is 0 Å². The highest BCUT2D eigenvalue weighted by Crippen LogP contribution is 2.29. The normalized spacial score (nSPS) is 39.7. The fourth-order valence-electron chi connectivity index (χ4n) is 3.74. The summed E-state index contributed by atoms with van der Waals surface area (Å²) in [5, 5.41) is 10.1. The monoisotopic (exact) mass is 326 g/mol. The topological polar surface area (TPSA) is 65.0 Å². The minimum Gasteiger partial charge on any atom is -0.462 e. The van der Waals surface area contributed by atoms with Crippen LogP contribution in [0.2, 0.25) is 0 Å². The number of aliphatic hydroxyl groups is 1. The second-order valence-corrected chi connectivity index (χ2v) is 7.02. The van der Waals surface area contributed by atoms with Crippen molar-refractivity contribution in [2.75, 3.05) is 7.11 Å². The second kappa shape index (κ2) is 8.81. The van der Waals surface area contributed by atoms with Crippen LogP contribution in [0, 0.1) is 5.92 Å². The van der Waals surface area contributed by atoms with Gasteiger partial charge in [0.05, 0.1) is 30.8 Å². The Hall–Kier alpha value is -0.910. The van der Waals surface area contributed by atoms with E-state index < -0.39 is 6.10 Å². The molecule has 0 aliphatic carbocycles. The number of esters is 1. The lowest BCUT2D eigenvalue weighted by atomic mass is 9.89. The summed E-state index contributed by atoms with van der Waals surface area (Å²) in [7, 11) is 1.70. The molecule has 0 spiro atoms. The Morgan fingerprint density at radius 3 is 2.70 bits per heavy atom. The number of ether oxygens (including phenoxy) is 3. The van der Waals surface area contributed by atoms with Gasteiger partial charge in [0, 0.05) is 26.4 Å². The molecule has 0 saturated carbocycles. The van der Waals surface area contributed by atoms with E-state index in [2.05, 4.69) is 13.5 Å². The summed E-state index contributed by atoms with van der Waals surface area (Å²) in [6.45, 7) is 5.93. The van der Waals surface area contributed by atoms with Crippen molar-refractivity contribution < 1.29 is 24.1 Å². The molecular weight excluding hydrogens is 296 g/mol. The molecule has 0 aromatic carbocycles. The molecule has 0 radical (unpaired) electrons. The van der Waals surface area contributed by atoms with Crippen molar-refractivity contribution in [3.05, 3.63) is 12.7 Å². The quantitative estimate of drug-likeness (QED) is 0.638. The Balaban J connectivity index is 2.10. The zero-order valence-corrected chi connectivity index (χ0v) is 14.3. The van der Waals surface area contributed by atoms with Crippen molar-refractivity contribution in [3.63, 3.8) is 0 Å². The average Bonchev–Trinajstić information content (AvgIpc) is 2.44. The van der Waals surface area contributed by atoms with Crippen LogP contribution in [0.1, 0.15) is 51.9 Å². The SMILES string of the molecule is C=CC[C@H]1C[C@@H](OC)C[C@H](C)C[C@@H]2C[C@H](O)C[C@H](CC(=O)O1)O2. The van der Waals surface area contributed by atoms with Crippen molar-refractivity contribution in [2.45, 2.75) is 82.4 Å². The summed E-state index contributed by atoms with van der Waals surface area (Å²) in [6.07, 6.45) is 5.42. The van der Waals surface area contributed by atoms with Crippen LogP contribution in [-0.2, 0) is 19.0 Å². The number of fused-ring (bicyclic) bond motifs is 2. The van der Waals surface area contributed by atoms with Gasteiger partial charge in [-0.05, 0) is 25.2 Å². The molecule has 2 aliphatic heterocycles. The third-order valence-electron chi connectivity index (χ3n) is 4.77. The molecule has 0 aromatic rings. The number of hydrogen-bond donors (Lipinski definition) is 1. The van der Waals surface area contributed by atoms with Crippen LogP contribution in [0.5, 0.6) is 0 Å². The van der Waals surface area contributed by atoms with Gasteiger partial charge in [-0.25, -0.2) is 0 Å². The molecule has 5 nitrogen and oxygen atoms in total. The van der Waals surface area contributed by atoms with E-state index in [1.54, 1.807) is 13.2 Å². The average molecular weight is 326 g/mol. The maximum atomic E-state index is 12.2. The number of methoxy groups -OCH3 is 1. The lowest BCUT2D eigenvalue weighted by Gasteiger charge is -2.35. The predicted octanol–water partition coefficient (Wildman–Crippen LogP) is 2.61. The number of aliphatic hydroxyl groups excluding tert-OH is 1. The highest BCUT2D eigenvalue weighted by atomic mass is 16.6. The van der Waals surface area contributed by atoms with E-state index >= 15 is 0 Å². The highest BCUT2D eigenvalue weighted by Gasteiger charge is 2.33. The number of rotatable bonds is 3. The molecule has 2 fully saturated rings. The molecule has 0 unspecified atom stereocenters. The largest absolute Gasteiger partial charge is 0.462 e. The maximum Gasteiger partial charge on any atom is 0.308 e. The van der Waals surface area contributed by atoms with Crippen LogP contribution in [-0.4, -0.2) is 48.7 Å². The highest BCUT2D eigenvalue weighted by molar-refractivity contribution is 5.70. The third kappa shape index (κ3) is 5.90. The van der Waals surface area contributed by atoms with Crippen LogP contribution in [0.3, 0.4) is 0 Å². The number of carbonyl (C=O) groups excluding carboxylic acids is 1. The minimum absolute atomic E-state index is 0.00690. The van der Waals surface area contributed by atoms with E-state index in [1.165, 1.54) is 0 Å². The van der Waals surface area contributed by atoms with Crippen molar-refractivity contribution in [3.8, 4) is 0 Å². The van der Waals surface area contributed by atoms with Gasteiger partial charge < -0.3 is 19.3 Å². The smallest absolute Gasteiger partial charge is 0.308 e. The summed E-state index contributed by atoms with van der Waals surface area (Å²) in [5.41, 5.74) is 0. The Morgan fingerprint density at radius 1 is 1.26 bits per heavy atom. The van der Waals surface area contributed by atoms with E-state index in [0.717, 1.165) is 12.8 Å². The molecule has 1 N–H and O–H groups in total. The van der Waals surface area contributed by atoms with Crippen molar-refractivity contribution in [1.82, 2.24) is 0 Å². The third-order valence-corrected chi connectivity index (χ3v) is 4.77. The van der Waals surface area contributed by atoms with Crippen LogP contribution in [0.4, 0.5) is 0 Å². The standard InChI is InChI=1S/C18H30O5/c1-4-5-14-10-15(21-3)6-12(2)7-16-8-13(19)9-17(22-16)11-18(20)23-14/h4,12-17,19H,1,5-11H2,2-3H3/t12-,13-,14-,15-,16+,17+/m0/s1. The molecular formula is C18H30O5. The van der Waals surface area contributed by atoms with Crippen LogP contribution < -0.4 is 0 Å². The van der Waals surface area contributed by atoms with Crippen molar-refractivity contribution in [2.24, 2.45) is 5.92 Å². The lowest BCUT2D eigenvalue weighted by molar-refractivity contribution is -0.161. The van der Waals surface area contributed by atoms with E-state index in [4.69, 9.17) is 14.2 Å². The van der Waals surface area contributed by atoms with Gasteiger partial charge in [-0.15, -0.1) is 6.58 Å². The van der Waals surface area contributed by atoms with E-state index in [0.29, 0.717) is 31.6 Å². The molecule has 6 atom stereocenters. The summed E-state index contributed by atoms with van der Waals surface area (Å²) in [5.74, 6) is 0.161. The molecule has 0 aromatic heterocycles. The Labute approximate surface area is 139 Å². The molecule has 5 heteroatoms. The fraction of sp³-hybridized carbons (Fsp3) is 0.833. The molecule has 132 valence electrons. The summed E-state index contributed by atoms with van der Waals surface area (Å²) < 4.78 is 17.2. The van der Waals surface area contributed by atoms with E-state index in [-0.39, 0.29) is 36.8 Å². The van der Waals surface area contributed by atoms with Crippen LogP contribution in [0.15, 0.2) is 12.7 Å². The summed E-state index contributed by atoms with van der Waals surface area (Å²) in [6, 6.07) is 0. The molecule has 2 saturated heterocycles. The first kappa shape index (κ1) is 18.4. The van der Waals surface area contributed by atoms with Gasteiger partial charge in [0.15, 0.2) is 0 Å². The zero-order chi connectivity index (χ0) is 16.8. The molecule has 2 rings (SSSR count). The fourth-order valence-corrected chi connectivity index (χ4v) is 3.74. The van der Waals surface area contributed by atoms with Gasteiger partial charge in [0.2, 0.25) is 0 Å². The number of hydrogen-bond acceptors (Lipinski definition) is 5. The van der Waals surface area contributed by atoms with Gasteiger partial charge in [-0.1, -0.05) is 13.0 Å². The van der Waals surface area contributed by atoms with E-state index in [1.807, 2.05) is 0 Å². The Kier molecular flexibility index (Phi) is 7.06. The lowest BCUT2D eigenvalue weighted by Crippen LogP contribution is -2.39. The molecule has 23 heavy (non-hydrogen) atoms.